The second-order valence-corrected chi connectivity index (χ2v) is 5.41. The van der Waals surface area contributed by atoms with Crippen LogP contribution in [0.3, 0.4) is 0 Å². The van der Waals surface area contributed by atoms with Crippen LogP contribution in [0.15, 0.2) is 0 Å². The normalized spacial score (nSPS) is 17.3. The number of hydrogen-bond donors (Lipinski definition) is 1. The second kappa shape index (κ2) is 4.97. The molecule has 0 aromatic rings. The average molecular weight is 213 g/mol. The fourth-order valence-electron chi connectivity index (χ4n) is 1.82. The number of carbonyl (C=O) groups excluding carboxylic acids is 1. The highest BCUT2D eigenvalue weighted by molar-refractivity contribution is 5.81. The molecule has 0 aliphatic heterocycles. The lowest BCUT2D eigenvalue weighted by atomic mass is 9.87. The first kappa shape index (κ1) is 12.5. The Balaban J connectivity index is 2.58. The molecule has 0 radical (unpaired) electrons. The summed E-state index contributed by atoms with van der Waals surface area (Å²) in [6, 6.07) is 0.434. The van der Waals surface area contributed by atoms with E-state index in [4.69, 9.17) is 5.11 Å². The number of amides is 1. The van der Waals surface area contributed by atoms with Gasteiger partial charge in [0.25, 0.3) is 0 Å². The summed E-state index contributed by atoms with van der Waals surface area (Å²) in [6.45, 7) is 6.75. The predicted molar refractivity (Wildman–Crippen MR) is 60.5 cm³/mol. The summed E-state index contributed by atoms with van der Waals surface area (Å²) in [4.78, 5) is 14.1. The van der Waals surface area contributed by atoms with E-state index in [-0.39, 0.29) is 17.9 Å². The van der Waals surface area contributed by atoms with Crippen molar-refractivity contribution in [1.82, 2.24) is 4.90 Å². The molecule has 1 fully saturated rings. The van der Waals surface area contributed by atoms with Crippen molar-refractivity contribution in [3.63, 3.8) is 0 Å². The Bertz CT molecular complexity index is 216. The maximum Gasteiger partial charge on any atom is 0.228 e. The third kappa shape index (κ3) is 3.20. The molecule has 1 aliphatic carbocycles. The number of nitrogens with zero attached hydrogens (tertiary/aromatic N) is 1. The minimum atomic E-state index is -0.301. The number of aliphatic hydroxyl groups excluding tert-OH is 1. The highest BCUT2D eigenvalue weighted by Crippen LogP contribution is 2.29. The zero-order chi connectivity index (χ0) is 11.5. The Kier molecular flexibility index (Phi) is 4.14. The first-order valence-corrected chi connectivity index (χ1v) is 5.88. The Labute approximate surface area is 92.5 Å². The number of rotatable bonds is 4. The van der Waals surface area contributed by atoms with Crippen molar-refractivity contribution >= 4 is 5.91 Å². The van der Waals surface area contributed by atoms with Crippen LogP contribution >= 0.6 is 0 Å². The van der Waals surface area contributed by atoms with Gasteiger partial charge in [0.05, 0.1) is 0 Å². The van der Waals surface area contributed by atoms with Gasteiger partial charge in [0.1, 0.15) is 0 Å². The van der Waals surface area contributed by atoms with Gasteiger partial charge in [-0.2, -0.15) is 0 Å². The van der Waals surface area contributed by atoms with Gasteiger partial charge in [-0.05, 0) is 25.7 Å². The van der Waals surface area contributed by atoms with Gasteiger partial charge >= 0.3 is 0 Å². The summed E-state index contributed by atoms with van der Waals surface area (Å²) < 4.78 is 0. The third-order valence-electron chi connectivity index (χ3n) is 2.98. The SMILES string of the molecule is CC(C)(C)C(=O)N(CCCO)C1CCC1. The highest BCUT2D eigenvalue weighted by Gasteiger charge is 2.34. The molecular formula is C12H23NO2. The summed E-state index contributed by atoms with van der Waals surface area (Å²) in [5.41, 5.74) is -0.301. The lowest BCUT2D eigenvalue weighted by Crippen LogP contribution is -2.49. The molecule has 0 spiro atoms. The molecule has 1 N–H and O–H groups in total. The topological polar surface area (TPSA) is 40.5 Å². The van der Waals surface area contributed by atoms with Crippen LogP contribution in [-0.2, 0) is 4.79 Å². The van der Waals surface area contributed by atoms with Crippen LogP contribution in [0.2, 0.25) is 0 Å². The molecule has 3 nitrogen and oxygen atoms in total. The Morgan fingerprint density at radius 3 is 2.33 bits per heavy atom. The molecule has 15 heavy (non-hydrogen) atoms. The van der Waals surface area contributed by atoms with Gasteiger partial charge in [0.15, 0.2) is 0 Å². The maximum atomic E-state index is 12.1. The molecule has 1 amide bonds. The molecule has 1 aliphatic rings. The van der Waals surface area contributed by atoms with Crippen LogP contribution in [-0.4, -0.2) is 35.1 Å². The van der Waals surface area contributed by atoms with Crippen LogP contribution < -0.4 is 0 Å². The zero-order valence-electron chi connectivity index (χ0n) is 10.1. The molecule has 0 bridgehead atoms. The minimum Gasteiger partial charge on any atom is -0.396 e. The lowest BCUT2D eigenvalue weighted by molar-refractivity contribution is -0.143. The van der Waals surface area contributed by atoms with Crippen LogP contribution in [0.1, 0.15) is 46.5 Å². The van der Waals surface area contributed by atoms with E-state index >= 15 is 0 Å². The summed E-state index contributed by atoms with van der Waals surface area (Å²) in [6.07, 6.45) is 4.19. The van der Waals surface area contributed by atoms with Crippen molar-refractivity contribution in [3.8, 4) is 0 Å². The van der Waals surface area contributed by atoms with Crippen molar-refractivity contribution in [2.45, 2.75) is 52.5 Å². The van der Waals surface area contributed by atoms with Crippen molar-refractivity contribution in [3.05, 3.63) is 0 Å². The van der Waals surface area contributed by atoms with Crippen molar-refractivity contribution in [1.29, 1.82) is 0 Å². The van der Waals surface area contributed by atoms with Gasteiger partial charge < -0.3 is 10.0 Å². The van der Waals surface area contributed by atoms with E-state index < -0.39 is 0 Å². The molecule has 0 aromatic heterocycles. The number of carbonyl (C=O) groups is 1. The van der Waals surface area contributed by atoms with Gasteiger partial charge in [-0.25, -0.2) is 0 Å². The molecule has 88 valence electrons. The monoisotopic (exact) mass is 213 g/mol. The molecule has 0 aromatic carbocycles. The number of hydrogen-bond acceptors (Lipinski definition) is 2. The molecule has 0 heterocycles. The van der Waals surface area contributed by atoms with E-state index in [2.05, 4.69) is 0 Å². The van der Waals surface area contributed by atoms with E-state index in [1.165, 1.54) is 6.42 Å². The van der Waals surface area contributed by atoms with E-state index in [9.17, 15) is 4.79 Å². The summed E-state index contributed by atoms with van der Waals surface area (Å²) >= 11 is 0. The quantitative estimate of drug-likeness (QED) is 0.773. The highest BCUT2D eigenvalue weighted by atomic mass is 16.3. The largest absolute Gasteiger partial charge is 0.396 e. The van der Waals surface area contributed by atoms with E-state index in [1.54, 1.807) is 0 Å². The molecule has 0 unspecified atom stereocenters. The van der Waals surface area contributed by atoms with E-state index in [0.717, 1.165) is 12.8 Å². The van der Waals surface area contributed by atoms with Gasteiger partial charge in [-0.1, -0.05) is 20.8 Å². The fraction of sp³-hybridized carbons (Fsp3) is 0.917. The van der Waals surface area contributed by atoms with Crippen molar-refractivity contribution in [2.75, 3.05) is 13.2 Å². The molecule has 1 rings (SSSR count). The summed E-state index contributed by atoms with van der Waals surface area (Å²) in [7, 11) is 0. The summed E-state index contributed by atoms with van der Waals surface area (Å²) in [5, 5.41) is 8.83. The average Bonchev–Trinajstić information content (AvgIpc) is 2.06. The standard InChI is InChI=1S/C12H23NO2/c1-12(2,3)11(15)13(8-5-9-14)10-6-4-7-10/h10,14H,4-9H2,1-3H3. The molecule has 0 atom stereocenters. The molecular weight excluding hydrogens is 190 g/mol. The smallest absolute Gasteiger partial charge is 0.228 e. The number of aliphatic hydroxyl groups is 1. The fourth-order valence-corrected chi connectivity index (χ4v) is 1.82. The Morgan fingerprint density at radius 2 is 2.00 bits per heavy atom. The first-order valence-electron chi connectivity index (χ1n) is 5.88. The van der Waals surface area contributed by atoms with Crippen LogP contribution in [0.5, 0.6) is 0 Å². The Hall–Kier alpha value is -0.570. The molecule has 0 saturated heterocycles. The van der Waals surface area contributed by atoms with Crippen LogP contribution in [0.4, 0.5) is 0 Å². The third-order valence-corrected chi connectivity index (χ3v) is 2.98. The van der Waals surface area contributed by atoms with Gasteiger partial charge in [-0.3, -0.25) is 4.79 Å². The lowest BCUT2D eigenvalue weighted by Gasteiger charge is -2.40. The predicted octanol–water partition coefficient (Wildman–Crippen LogP) is 1.80. The van der Waals surface area contributed by atoms with E-state index in [1.807, 2.05) is 25.7 Å². The second-order valence-electron chi connectivity index (χ2n) is 5.41. The van der Waals surface area contributed by atoms with Crippen molar-refractivity contribution < 1.29 is 9.90 Å². The molecule has 3 heteroatoms. The minimum absolute atomic E-state index is 0.167. The van der Waals surface area contributed by atoms with Crippen LogP contribution in [0, 0.1) is 5.41 Å². The maximum absolute atomic E-state index is 12.1. The van der Waals surface area contributed by atoms with Crippen LogP contribution in [0.25, 0.3) is 0 Å². The van der Waals surface area contributed by atoms with Gasteiger partial charge in [0, 0.05) is 24.6 Å². The first-order chi connectivity index (χ1) is 6.96. The zero-order valence-corrected chi connectivity index (χ0v) is 10.1. The Morgan fingerprint density at radius 1 is 1.40 bits per heavy atom. The van der Waals surface area contributed by atoms with E-state index in [0.29, 0.717) is 19.0 Å². The van der Waals surface area contributed by atoms with Crippen molar-refractivity contribution in [2.24, 2.45) is 5.41 Å². The molecule has 1 saturated carbocycles. The van der Waals surface area contributed by atoms with Gasteiger partial charge in [-0.15, -0.1) is 0 Å². The summed E-state index contributed by atoms with van der Waals surface area (Å²) in [5.74, 6) is 0.223. The van der Waals surface area contributed by atoms with Gasteiger partial charge in [0.2, 0.25) is 5.91 Å².